The highest BCUT2D eigenvalue weighted by Gasteiger charge is 2.51. The van der Waals surface area contributed by atoms with Crippen molar-refractivity contribution in [2.24, 2.45) is 0 Å². The molecule has 2 heteroatoms. The van der Waals surface area contributed by atoms with Crippen LogP contribution < -0.4 is 4.90 Å². The van der Waals surface area contributed by atoms with Gasteiger partial charge in [0.2, 0.25) is 0 Å². The molecule has 0 saturated carbocycles. The van der Waals surface area contributed by atoms with Crippen molar-refractivity contribution in [1.82, 2.24) is 0 Å². The lowest BCUT2D eigenvalue weighted by molar-refractivity contribution is 0.751. The Balaban J connectivity index is 1.69. The number of nitrogens with zero attached hydrogens (tertiary/aromatic N) is 1. The van der Waals surface area contributed by atoms with Gasteiger partial charge < -0.3 is 4.90 Å². The average molecular weight is 486 g/mol. The van der Waals surface area contributed by atoms with Gasteiger partial charge in [-0.1, -0.05) is 97.1 Å². The van der Waals surface area contributed by atoms with Crippen molar-refractivity contribution in [1.29, 1.82) is 0 Å². The van der Waals surface area contributed by atoms with Crippen LogP contribution in [0.15, 0.2) is 126 Å². The Kier molecular flexibility index (Phi) is 3.97. The molecule has 1 spiro atoms. The Morgan fingerprint density at radius 3 is 1.73 bits per heavy atom. The number of fused-ring (bicyclic) bond motifs is 9. The molecule has 0 unspecified atom stereocenters. The molecule has 7 rings (SSSR count). The third-order valence-corrected chi connectivity index (χ3v) is 7.77. The first kappa shape index (κ1) is 18.9. The average Bonchev–Trinajstić information content (AvgIpc) is 3.17. The number of hydrogen-bond donors (Lipinski definition) is 0. The first-order chi connectivity index (χ1) is 16.3. The molecule has 156 valence electrons. The number of para-hydroxylation sites is 3. The minimum Gasteiger partial charge on any atom is -0.309 e. The van der Waals surface area contributed by atoms with Crippen molar-refractivity contribution in [3.05, 3.63) is 148 Å². The first-order valence-electron chi connectivity index (χ1n) is 11.2. The van der Waals surface area contributed by atoms with Crippen LogP contribution >= 0.6 is 15.9 Å². The van der Waals surface area contributed by atoms with Gasteiger partial charge in [-0.25, -0.2) is 0 Å². The van der Waals surface area contributed by atoms with Crippen LogP contribution in [0.1, 0.15) is 22.3 Å². The Bertz CT molecular complexity index is 1490. The van der Waals surface area contributed by atoms with Gasteiger partial charge in [-0.05, 0) is 73.6 Å². The summed E-state index contributed by atoms with van der Waals surface area (Å²) in [7, 11) is 0. The highest BCUT2D eigenvalue weighted by Crippen LogP contribution is 2.64. The summed E-state index contributed by atoms with van der Waals surface area (Å²) < 4.78 is 1.10. The number of anilines is 3. The molecule has 0 N–H and O–H groups in total. The Morgan fingerprint density at radius 1 is 0.485 bits per heavy atom. The van der Waals surface area contributed by atoms with Crippen molar-refractivity contribution in [3.63, 3.8) is 0 Å². The molecule has 1 aliphatic carbocycles. The van der Waals surface area contributed by atoms with Crippen LogP contribution in [0.25, 0.3) is 11.1 Å². The lowest BCUT2D eigenvalue weighted by Crippen LogP contribution is -2.36. The van der Waals surface area contributed by atoms with Crippen molar-refractivity contribution < 1.29 is 0 Å². The van der Waals surface area contributed by atoms with E-state index >= 15 is 0 Å². The zero-order chi connectivity index (χ0) is 22.0. The molecular weight excluding hydrogens is 466 g/mol. The third kappa shape index (κ3) is 2.37. The van der Waals surface area contributed by atoms with Gasteiger partial charge in [-0.2, -0.15) is 0 Å². The maximum atomic E-state index is 3.94. The molecule has 5 aromatic rings. The summed E-state index contributed by atoms with van der Waals surface area (Å²) in [5, 5.41) is 0. The maximum absolute atomic E-state index is 3.94. The van der Waals surface area contributed by atoms with E-state index in [0.29, 0.717) is 0 Å². The molecule has 0 aromatic heterocycles. The second-order valence-electron chi connectivity index (χ2n) is 8.67. The van der Waals surface area contributed by atoms with Gasteiger partial charge in [-0.3, -0.25) is 0 Å². The van der Waals surface area contributed by atoms with Gasteiger partial charge >= 0.3 is 0 Å². The number of benzene rings is 5. The summed E-state index contributed by atoms with van der Waals surface area (Å²) in [4.78, 5) is 2.41. The van der Waals surface area contributed by atoms with E-state index < -0.39 is 0 Å². The van der Waals surface area contributed by atoms with Gasteiger partial charge in [0.25, 0.3) is 0 Å². The lowest BCUT2D eigenvalue weighted by Gasteiger charge is -2.45. The quantitative estimate of drug-likeness (QED) is 0.225. The van der Waals surface area contributed by atoms with Crippen molar-refractivity contribution in [2.75, 3.05) is 4.90 Å². The highest BCUT2D eigenvalue weighted by molar-refractivity contribution is 9.10. The zero-order valence-corrected chi connectivity index (χ0v) is 19.5. The molecular formula is C31H20BrN. The summed E-state index contributed by atoms with van der Waals surface area (Å²) in [6.45, 7) is 0. The number of hydrogen-bond acceptors (Lipinski definition) is 1. The van der Waals surface area contributed by atoms with E-state index in [9.17, 15) is 0 Å². The normalized spacial score (nSPS) is 14.4. The minimum atomic E-state index is -0.367. The molecule has 0 amide bonds. The number of rotatable bonds is 1. The maximum Gasteiger partial charge on any atom is 0.0754 e. The molecule has 0 saturated heterocycles. The van der Waals surface area contributed by atoms with Crippen LogP contribution in [0.5, 0.6) is 0 Å². The molecule has 0 fully saturated rings. The summed E-state index contributed by atoms with van der Waals surface area (Å²) in [5.41, 5.74) is 11.2. The van der Waals surface area contributed by atoms with E-state index in [1.54, 1.807) is 0 Å². The molecule has 1 aliphatic heterocycles. The van der Waals surface area contributed by atoms with Gasteiger partial charge in [0.1, 0.15) is 0 Å². The summed E-state index contributed by atoms with van der Waals surface area (Å²) in [6.07, 6.45) is 0. The molecule has 0 radical (unpaired) electrons. The molecule has 0 bridgehead atoms. The predicted octanol–water partition coefficient (Wildman–Crippen LogP) is 8.60. The Hall–Kier alpha value is -3.62. The van der Waals surface area contributed by atoms with E-state index in [0.717, 1.165) is 10.2 Å². The van der Waals surface area contributed by atoms with Crippen LogP contribution in [0.2, 0.25) is 0 Å². The van der Waals surface area contributed by atoms with E-state index in [4.69, 9.17) is 0 Å². The molecule has 2 aliphatic rings. The van der Waals surface area contributed by atoms with Crippen molar-refractivity contribution in [3.8, 4) is 11.1 Å². The van der Waals surface area contributed by atoms with Gasteiger partial charge in [0.05, 0.1) is 16.8 Å². The van der Waals surface area contributed by atoms with E-state index in [-0.39, 0.29) is 5.41 Å². The molecule has 1 nitrogen and oxygen atoms in total. The summed E-state index contributed by atoms with van der Waals surface area (Å²) in [6, 6.07) is 44.0. The largest absolute Gasteiger partial charge is 0.309 e. The van der Waals surface area contributed by atoms with Crippen LogP contribution in [0.3, 0.4) is 0 Å². The zero-order valence-electron chi connectivity index (χ0n) is 17.9. The van der Waals surface area contributed by atoms with Gasteiger partial charge in [0.15, 0.2) is 0 Å². The molecule has 5 aromatic carbocycles. The molecule has 0 atom stereocenters. The predicted molar refractivity (Wildman–Crippen MR) is 140 cm³/mol. The second kappa shape index (κ2) is 6.94. The number of halogens is 1. The third-order valence-electron chi connectivity index (χ3n) is 7.13. The van der Waals surface area contributed by atoms with E-state index in [1.165, 1.54) is 44.8 Å². The minimum absolute atomic E-state index is 0.367. The van der Waals surface area contributed by atoms with E-state index in [1.807, 2.05) is 0 Å². The first-order valence-corrected chi connectivity index (χ1v) is 12.0. The smallest absolute Gasteiger partial charge is 0.0754 e. The monoisotopic (exact) mass is 485 g/mol. The topological polar surface area (TPSA) is 3.24 Å². The fraction of sp³-hybridized carbons (Fsp3) is 0.0323. The van der Waals surface area contributed by atoms with Gasteiger partial charge in [0, 0.05) is 10.2 Å². The van der Waals surface area contributed by atoms with E-state index in [2.05, 4.69) is 142 Å². The Morgan fingerprint density at radius 2 is 1.03 bits per heavy atom. The SMILES string of the molecule is Brc1cccc2c1N(c1ccccc1)c1ccccc1C21c2ccccc2-c2ccccc21. The fourth-order valence-electron chi connectivity index (χ4n) is 5.96. The summed E-state index contributed by atoms with van der Waals surface area (Å²) in [5.74, 6) is 0. The van der Waals surface area contributed by atoms with Crippen molar-refractivity contribution >= 4 is 33.0 Å². The van der Waals surface area contributed by atoms with Crippen molar-refractivity contribution in [2.45, 2.75) is 5.41 Å². The van der Waals surface area contributed by atoms with Crippen LogP contribution in [0, 0.1) is 0 Å². The summed E-state index contributed by atoms with van der Waals surface area (Å²) >= 11 is 3.94. The standard InChI is InChI=1S/C31H20BrN/c32-28-19-10-18-27-30(28)33(21-11-2-1-3-12-21)29-20-9-8-17-26(29)31(27)24-15-6-4-13-22(24)23-14-5-7-16-25(23)31/h1-20H. The molecule has 33 heavy (non-hydrogen) atoms. The molecule has 1 heterocycles. The highest BCUT2D eigenvalue weighted by atomic mass is 79.9. The fourth-order valence-corrected chi connectivity index (χ4v) is 6.50. The Labute approximate surface area is 202 Å². The van der Waals surface area contributed by atoms with Crippen LogP contribution in [-0.4, -0.2) is 0 Å². The van der Waals surface area contributed by atoms with Gasteiger partial charge in [-0.15, -0.1) is 0 Å². The van der Waals surface area contributed by atoms with Crippen LogP contribution in [-0.2, 0) is 5.41 Å². The van der Waals surface area contributed by atoms with Crippen LogP contribution in [0.4, 0.5) is 17.1 Å². The lowest BCUT2D eigenvalue weighted by atomic mass is 9.64. The second-order valence-corrected chi connectivity index (χ2v) is 9.52.